The van der Waals surface area contributed by atoms with Crippen LogP contribution in [0.3, 0.4) is 0 Å². The van der Waals surface area contributed by atoms with Gasteiger partial charge in [0.25, 0.3) is 0 Å². The topological polar surface area (TPSA) is 26.3 Å². The van der Waals surface area contributed by atoms with Crippen LogP contribution in [0.15, 0.2) is 36.9 Å². The molecule has 0 aromatic heterocycles. The van der Waals surface area contributed by atoms with Crippen molar-refractivity contribution in [3.8, 4) is 5.75 Å². The highest BCUT2D eigenvalue weighted by Gasteiger charge is 2.39. The number of esters is 1. The monoisotopic (exact) mass is 380 g/mol. The van der Waals surface area contributed by atoms with Gasteiger partial charge in [-0.05, 0) is 113 Å². The van der Waals surface area contributed by atoms with Crippen LogP contribution in [-0.2, 0) is 4.79 Å². The second-order valence-corrected chi connectivity index (χ2v) is 9.75. The normalized spacial score (nSPS) is 35.6. The summed E-state index contributed by atoms with van der Waals surface area (Å²) >= 11 is 0. The number of benzene rings is 1. The summed E-state index contributed by atoms with van der Waals surface area (Å²) in [7, 11) is 0. The average Bonchev–Trinajstić information content (AvgIpc) is 2.74. The van der Waals surface area contributed by atoms with Crippen molar-refractivity contribution in [1.29, 1.82) is 0 Å². The fourth-order valence-electron chi connectivity index (χ4n) is 6.24. The predicted octanol–water partition coefficient (Wildman–Crippen LogP) is 6.73. The number of carbonyl (C=O) groups excluding carboxylic acids is 1. The van der Waals surface area contributed by atoms with E-state index in [-0.39, 0.29) is 11.9 Å². The van der Waals surface area contributed by atoms with E-state index in [1.54, 1.807) is 0 Å². The maximum absolute atomic E-state index is 12.6. The Hall–Kier alpha value is -1.57. The first kappa shape index (κ1) is 19.7. The standard InChI is InChI=1S/C26H36O2/c1-3-19-6-7-24-17-23(13-12-22(24)16-19)20-8-10-21(11-9-20)26(27)28-25-14-4-18(2)5-15-25/h3-5,14-15,19-24H,1,6-13,16-17H2,2H3. The molecule has 152 valence electrons. The van der Waals surface area contributed by atoms with Crippen molar-refractivity contribution >= 4 is 5.97 Å². The minimum atomic E-state index is -0.0197. The molecule has 0 aliphatic heterocycles. The summed E-state index contributed by atoms with van der Waals surface area (Å²) in [6, 6.07) is 7.80. The van der Waals surface area contributed by atoms with Crippen molar-refractivity contribution in [2.45, 2.75) is 71.1 Å². The summed E-state index contributed by atoms with van der Waals surface area (Å²) < 4.78 is 5.63. The van der Waals surface area contributed by atoms with E-state index < -0.39 is 0 Å². The number of ether oxygens (including phenoxy) is 1. The Labute approximate surface area is 170 Å². The van der Waals surface area contributed by atoms with Gasteiger partial charge in [-0.1, -0.05) is 23.8 Å². The van der Waals surface area contributed by atoms with E-state index in [0.29, 0.717) is 5.75 Å². The molecular formula is C26H36O2. The van der Waals surface area contributed by atoms with E-state index in [4.69, 9.17) is 4.74 Å². The number of hydrogen-bond acceptors (Lipinski definition) is 2. The highest BCUT2D eigenvalue weighted by molar-refractivity contribution is 5.75. The van der Waals surface area contributed by atoms with E-state index >= 15 is 0 Å². The summed E-state index contributed by atoms with van der Waals surface area (Å²) in [6.45, 7) is 6.07. The smallest absolute Gasteiger partial charge is 0.314 e. The lowest BCUT2D eigenvalue weighted by Crippen LogP contribution is -2.35. The number of fused-ring (bicyclic) bond motifs is 1. The average molecular weight is 381 g/mol. The van der Waals surface area contributed by atoms with Gasteiger partial charge in [-0.15, -0.1) is 6.58 Å². The zero-order valence-electron chi connectivity index (χ0n) is 17.4. The van der Waals surface area contributed by atoms with Crippen LogP contribution >= 0.6 is 0 Å². The number of rotatable bonds is 4. The van der Waals surface area contributed by atoms with Crippen LogP contribution in [0.1, 0.15) is 69.8 Å². The summed E-state index contributed by atoms with van der Waals surface area (Å²) in [4.78, 5) is 12.6. The van der Waals surface area contributed by atoms with Gasteiger partial charge in [0.15, 0.2) is 0 Å². The minimum Gasteiger partial charge on any atom is -0.426 e. The van der Waals surface area contributed by atoms with Gasteiger partial charge in [-0.25, -0.2) is 0 Å². The lowest BCUT2D eigenvalue weighted by molar-refractivity contribution is -0.140. The van der Waals surface area contributed by atoms with E-state index in [1.165, 1.54) is 56.9 Å². The van der Waals surface area contributed by atoms with Crippen molar-refractivity contribution in [3.63, 3.8) is 0 Å². The third-order valence-electron chi connectivity index (χ3n) is 8.04. The van der Waals surface area contributed by atoms with Gasteiger partial charge in [0.05, 0.1) is 5.92 Å². The predicted molar refractivity (Wildman–Crippen MR) is 114 cm³/mol. The SMILES string of the molecule is C=CC1CCC2CC(C3CCC(C(=O)Oc4ccc(C)cc4)CC3)CCC2C1. The molecular weight excluding hydrogens is 344 g/mol. The van der Waals surface area contributed by atoms with Crippen molar-refractivity contribution in [1.82, 2.24) is 0 Å². The highest BCUT2D eigenvalue weighted by atomic mass is 16.5. The van der Waals surface area contributed by atoms with Gasteiger partial charge >= 0.3 is 5.97 Å². The molecule has 0 bridgehead atoms. The second-order valence-electron chi connectivity index (χ2n) is 9.75. The number of aryl methyl sites for hydroxylation is 1. The molecule has 2 heteroatoms. The van der Waals surface area contributed by atoms with Crippen LogP contribution in [0.4, 0.5) is 0 Å². The zero-order valence-corrected chi connectivity index (χ0v) is 17.4. The van der Waals surface area contributed by atoms with Crippen LogP contribution in [0.25, 0.3) is 0 Å². The molecule has 1 aromatic rings. The molecule has 28 heavy (non-hydrogen) atoms. The lowest BCUT2D eigenvalue weighted by Gasteiger charge is -2.45. The molecule has 0 spiro atoms. The Morgan fingerprint density at radius 3 is 2.11 bits per heavy atom. The van der Waals surface area contributed by atoms with Crippen molar-refractivity contribution in [2.75, 3.05) is 0 Å². The molecule has 1 aromatic carbocycles. The van der Waals surface area contributed by atoms with E-state index in [1.807, 2.05) is 31.2 Å². The molecule has 2 nitrogen and oxygen atoms in total. The summed E-state index contributed by atoms with van der Waals surface area (Å²) in [5, 5.41) is 0. The lowest BCUT2D eigenvalue weighted by atomic mass is 9.61. The van der Waals surface area contributed by atoms with E-state index in [0.717, 1.165) is 42.4 Å². The van der Waals surface area contributed by atoms with Gasteiger partial charge in [0.1, 0.15) is 5.75 Å². The highest BCUT2D eigenvalue weighted by Crippen LogP contribution is 2.49. The van der Waals surface area contributed by atoms with E-state index in [2.05, 4.69) is 12.7 Å². The van der Waals surface area contributed by atoms with Crippen molar-refractivity contribution in [3.05, 3.63) is 42.5 Å². The third kappa shape index (κ3) is 4.53. The van der Waals surface area contributed by atoms with Gasteiger partial charge in [-0.2, -0.15) is 0 Å². The first-order valence-electron chi connectivity index (χ1n) is 11.5. The quantitative estimate of drug-likeness (QED) is 0.329. The molecule has 0 N–H and O–H groups in total. The van der Waals surface area contributed by atoms with Crippen LogP contribution < -0.4 is 4.74 Å². The zero-order chi connectivity index (χ0) is 19.5. The molecule has 3 fully saturated rings. The molecule has 0 amide bonds. The number of hydrogen-bond donors (Lipinski definition) is 0. The molecule has 3 aliphatic carbocycles. The largest absolute Gasteiger partial charge is 0.426 e. The molecule has 0 heterocycles. The molecule has 0 radical (unpaired) electrons. The fraction of sp³-hybridized carbons (Fsp3) is 0.654. The van der Waals surface area contributed by atoms with Gasteiger partial charge < -0.3 is 4.74 Å². The molecule has 3 aliphatic rings. The number of allylic oxidation sites excluding steroid dienone is 1. The first-order chi connectivity index (χ1) is 13.6. The maximum atomic E-state index is 12.6. The molecule has 0 saturated heterocycles. The molecule has 3 saturated carbocycles. The van der Waals surface area contributed by atoms with Crippen molar-refractivity contribution in [2.24, 2.45) is 35.5 Å². The number of carbonyl (C=O) groups is 1. The van der Waals surface area contributed by atoms with Crippen molar-refractivity contribution < 1.29 is 9.53 Å². The summed E-state index contributed by atoms with van der Waals surface area (Å²) in [5.41, 5.74) is 1.19. The van der Waals surface area contributed by atoms with E-state index in [9.17, 15) is 4.79 Å². The van der Waals surface area contributed by atoms with Crippen LogP contribution in [0.5, 0.6) is 5.75 Å². The maximum Gasteiger partial charge on any atom is 0.314 e. The second kappa shape index (κ2) is 8.84. The Morgan fingerprint density at radius 1 is 0.857 bits per heavy atom. The first-order valence-corrected chi connectivity index (χ1v) is 11.5. The molecule has 4 unspecified atom stereocenters. The molecule has 4 rings (SSSR count). The Kier molecular flexibility index (Phi) is 6.23. The Bertz CT molecular complexity index is 668. The summed E-state index contributed by atoms with van der Waals surface area (Å²) in [6.07, 6.45) is 15.1. The Balaban J connectivity index is 1.25. The van der Waals surface area contributed by atoms with Gasteiger partial charge in [0.2, 0.25) is 0 Å². The third-order valence-corrected chi connectivity index (χ3v) is 8.04. The van der Waals surface area contributed by atoms with Crippen LogP contribution in [0.2, 0.25) is 0 Å². The minimum absolute atomic E-state index is 0.0197. The Morgan fingerprint density at radius 2 is 1.43 bits per heavy atom. The van der Waals surface area contributed by atoms with Crippen LogP contribution in [-0.4, -0.2) is 5.97 Å². The van der Waals surface area contributed by atoms with Crippen LogP contribution in [0, 0.1) is 42.4 Å². The van der Waals surface area contributed by atoms with Gasteiger partial charge in [0, 0.05) is 0 Å². The summed E-state index contributed by atoms with van der Waals surface area (Å²) in [5.74, 6) is 5.18. The van der Waals surface area contributed by atoms with Gasteiger partial charge in [-0.3, -0.25) is 4.79 Å². The molecule has 4 atom stereocenters. The fourth-order valence-corrected chi connectivity index (χ4v) is 6.24.